The number of rotatable bonds is 4. The molecule has 0 aliphatic rings. The fourth-order valence-electron chi connectivity index (χ4n) is 1.55. The number of hydrogen-bond acceptors (Lipinski definition) is 4. The monoisotopic (exact) mass is 322 g/mol. The average molecular weight is 323 g/mol. The molecule has 0 unspecified atom stereocenters. The van der Waals surface area contributed by atoms with E-state index in [9.17, 15) is 10.1 Å². The first-order chi connectivity index (χ1) is 9.11. The summed E-state index contributed by atoms with van der Waals surface area (Å²) in [5.74, 6) is 0.709. The van der Waals surface area contributed by atoms with E-state index in [0.29, 0.717) is 16.8 Å². The third-order valence-corrected chi connectivity index (χ3v) is 3.15. The Morgan fingerprint density at radius 1 is 1.21 bits per heavy atom. The van der Waals surface area contributed by atoms with Crippen molar-refractivity contribution in [1.29, 1.82) is 0 Å². The fourth-order valence-corrected chi connectivity index (χ4v) is 1.99. The summed E-state index contributed by atoms with van der Waals surface area (Å²) in [6, 6.07) is 11.8. The van der Waals surface area contributed by atoms with E-state index in [0.717, 1.165) is 5.56 Å². The first-order valence-electron chi connectivity index (χ1n) is 5.51. The summed E-state index contributed by atoms with van der Waals surface area (Å²) in [6.45, 7) is 0.440. The van der Waals surface area contributed by atoms with Crippen molar-refractivity contribution in [2.75, 3.05) is 0 Å². The highest BCUT2D eigenvalue weighted by atomic mass is 79.9. The number of nitrogens with two attached hydrogens (primary N) is 1. The Kier molecular flexibility index (Phi) is 4.13. The van der Waals surface area contributed by atoms with Crippen LogP contribution in [-0.2, 0) is 6.54 Å². The summed E-state index contributed by atoms with van der Waals surface area (Å²) >= 11 is 3.25. The zero-order valence-corrected chi connectivity index (χ0v) is 11.5. The molecule has 19 heavy (non-hydrogen) atoms. The zero-order valence-electron chi connectivity index (χ0n) is 9.88. The summed E-state index contributed by atoms with van der Waals surface area (Å²) in [5.41, 5.74) is 6.38. The maximum Gasteiger partial charge on any atom is 0.312 e. The highest BCUT2D eigenvalue weighted by Crippen LogP contribution is 2.37. The van der Waals surface area contributed by atoms with E-state index in [1.807, 2.05) is 12.1 Å². The molecule has 2 N–H and O–H groups in total. The third kappa shape index (κ3) is 3.10. The van der Waals surface area contributed by atoms with Gasteiger partial charge in [-0.25, -0.2) is 0 Å². The molecule has 0 aliphatic carbocycles. The molecule has 0 atom stereocenters. The van der Waals surface area contributed by atoms with Crippen molar-refractivity contribution >= 4 is 21.6 Å². The number of para-hydroxylation sites is 1. The molecule has 2 aromatic rings. The van der Waals surface area contributed by atoms with Gasteiger partial charge in [-0.2, -0.15) is 0 Å². The van der Waals surface area contributed by atoms with Crippen LogP contribution in [-0.4, -0.2) is 4.92 Å². The van der Waals surface area contributed by atoms with Crippen LogP contribution in [0.4, 0.5) is 5.69 Å². The van der Waals surface area contributed by atoms with Gasteiger partial charge in [-0.3, -0.25) is 10.1 Å². The Bertz CT molecular complexity index is 599. The lowest BCUT2D eigenvalue weighted by Gasteiger charge is -2.08. The number of nitro benzene ring substituents is 1. The van der Waals surface area contributed by atoms with Crippen molar-refractivity contribution in [1.82, 2.24) is 0 Å². The normalized spacial score (nSPS) is 10.2. The van der Waals surface area contributed by atoms with Crippen LogP contribution < -0.4 is 10.5 Å². The molecule has 0 spiro atoms. The predicted molar refractivity (Wildman–Crippen MR) is 75.2 cm³/mol. The van der Waals surface area contributed by atoms with Gasteiger partial charge in [-0.05, 0) is 39.7 Å². The largest absolute Gasteiger partial charge is 0.449 e. The minimum atomic E-state index is -0.478. The van der Waals surface area contributed by atoms with E-state index >= 15 is 0 Å². The van der Waals surface area contributed by atoms with E-state index in [1.54, 1.807) is 24.3 Å². The lowest BCUT2D eigenvalue weighted by Crippen LogP contribution is -1.96. The summed E-state index contributed by atoms with van der Waals surface area (Å²) < 4.78 is 6.10. The third-order valence-electron chi connectivity index (χ3n) is 2.52. The van der Waals surface area contributed by atoms with Crippen LogP contribution in [0, 0.1) is 10.1 Å². The highest BCUT2D eigenvalue weighted by molar-refractivity contribution is 9.10. The van der Waals surface area contributed by atoms with Crippen LogP contribution in [0.15, 0.2) is 46.9 Å². The van der Waals surface area contributed by atoms with Crippen LogP contribution in [0.1, 0.15) is 5.56 Å². The number of nitrogens with zero attached hydrogens (tertiary/aromatic N) is 1. The van der Waals surface area contributed by atoms with Gasteiger partial charge in [0.1, 0.15) is 5.75 Å². The molecule has 2 aromatic carbocycles. The standard InChI is InChI=1S/C13H11BrN2O3/c14-11-2-1-3-12(16(17)18)13(11)19-10-6-4-9(8-15)5-7-10/h1-7H,8,15H2. The number of nitro groups is 1. The van der Waals surface area contributed by atoms with Gasteiger partial charge in [-0.1, -0.05) is 18.2 Å². The molecule has 98 valence electrons. The first-order valence-corrected chi connectivity index (χ1v) is 6.31. The van der Waals surface area contributed by atoms with Gasteiger partial charge in [0, 0.05) is 12.6 Å². The predicted octanol–water partition coefficient (Wildman–Crippen LogP) is 3.61. The van der Waals surface area contributed by atoms with Gasteiger partial charge >= 0.3 is 5.69 Å². The molecule has 0 saturated carbocycles. The van der Waals surface area contributed by atoms with Crippen molar-refractivity contribution in [3.8, 4) is 11.5 Å². The van der Waals surface area contributed by atoms with Crippen molar-refractivity contribution in [2.24, 2.45) is 5.73 Å². The minimum Gasteiger partial charge on any atom is -0.449 e. The minimum absolute atomic E-state index is 0.0859. The van der Waals surface area contributed by atoms with Gasteiger partial charge < -0.3 is 10.5 Å². The van der Waals surface area contributed by atoms with Gasteiger partial charge in [0.15, 0.2) is 0 Å². The Morgan fingerprint density at radius 2 is 1.89 bits per heavy atom. The molecular weight excluding hydrogens is 312 g/mol. The van der Waals surface area contributed by atoms with Crippen LogP contribution >= 0.6 is 15.9 Å². The molecule has 0 aliphatic heterocycles. The quantitative estimate of drug-likeness (QED) is 0.689. The molecule has 6 heteroatoms. The molecule has 0 radical (unpaired) electrons. The molecule has 5 nitrogen and oxygen atoms in total. The summed E-state index contributed by atoms with van der Waals surface area (Å²) in [5, 5.41) is 11.0. The van der Waals surface area contributed by atoms with Crippen LogP contribution in [0.25, 0.3) is 0 Å². The van der Waals surface area contributed by atoms with Gasteiger partial charge in [0.25, 0.3) is 0 Å². The Balaban J connectivity index is 2.34. The van der Waals surface area contributed by atoms with E-state index in [1.165, 1.54) is 6.07 Å². The highest BCUT2D eigenvalue weighted by Gasteiger charge is 2.18. The number of benzene rings is 2. The molecule has 2 rings (SSSR count). The van der Waals surface area contributed by atoms with E-state index in [2.05, 4.69) is 15.9 Å². The molecular formula is C13H11BrN2O3. The van der Waals surface area contributed by atoms with Gasteiger partial charge in [0.05, 0.1) is 9.40 Å². The molecule has 0 amide bonds. The lowest BCUT2D eigenvalue weighted by molar-refractivity contribution is -0.385. The Labute approximate surface area is 118 Å². The van der Waals surface area contributed by atoms with Gasteiger partial charge in [0.2, 0.25) is 5.75 Å². The SMILES string of the molecule is NCc1ccc(Oc2c(Br)cccc2[N+](=O)[O-])cc1. The second-order valence-electron chi connectivity index (χ2n) is 3.80. The maximum absolute atomic E-state index is 11.0. The molecule has 0 aromatic heterocycles. The topological polar surface area (TPSA) is 78.4 Å². The van der Waals surface area contributed by atoms with Crippen molar-refractivity contribution < 1.29 is 9.66 Å². The number of hydrogen-bond donors (Lipinski definition) is 1. The van der Waals surface area contributed by atoms with Crippen molar-refractivity contribution in [3.05, 3.63) is 62.6 Å². The summed E-state index contributed by atoms with van der Waals surface area (Å²) in [6.07, 6.45) is 0. The second kappa shape index (κ2) is 5.81. The van der Waals surface area contributed by atoms with Crippen LogP contribution in [0.2, 0.25) is 0 Å². The molecule has 0 heterocycles. The molecule has 0 saturated heterocycles. The lowest BCUT2D eigenvalue weighted by atomic mass is 10.2. The molecule has 0 fully saturated rings. The van der Waals surface area contributed by atoms with Crippen molar-refractivity contribution in [2.45, 2.75) is 6.54 Å². The van der Waals surface area contributed by atoms with Crippen molar-refractivity contribution in [3.63, 3.8) is 0 Å². The number of ether oxygens (including phenoxy) is 1. The van der Waals surface area contributed by atoms with E-state index in [-0.39, 0.29) is 11.4 Å². The van der Waals surface area contributed by atoms with Crippen LogP contribution in [0.3, 0.4) is 0 Å². The zero-order chi connectivity index (χ0) is 13.8. The Morgan fingerprint density at radius 3 is 2.47 bits per heavy atom. The number of halogens is 1. The first kappa shape index (κ1) is 13.5. The van der Waals surface area contributed by atoms with E-state index in [4.69, 9.17) is 10.5 Å². The summed E-state index contributed by atoms with van der Waals surface area (Å²) in [4.78, 5) is 10.5. The average Bonchev–Trinajstić information content (AvgIpc) is 2.41. The van der Waals surface area contributed by atoms with Crippen LogP contribution in [0.5, 0.6) is 11.5 Å². The van der Waals surface area contributed by atoms with E-state index < -0.39 is 4.92 Å². The second-order valence-corrected chi connectivity index (χ2v) is 4.65. The summed E-state index contributed by atoms with van der Waals surface area (Å²) in [7, 11) is 0. The maximum atomic E-state index is 11.0. The Hall–Kier alpha value is -1.92. The van der Waals surface area contributed by atoms with Gasteiger partial charge in [-0.15, -0.1) is 0 Å². The fraction of sp³-hybridized carbons (Fsp3) is 0.0769. The smallest absolute Gasteiger partial charge is 0.312 e. The molecule has 0 bridgehead atoms.